The molecule has 1 aromatic rings. The number of amides is 2. The van der Waals surface area contributed by atoms with E-state index in [-0.39, 0.29) is 62.0 Å². The second kappa shape index (κ2) is 11.1. The number of hydrogen-bond donors (Lipinski definition) is 2. The molecule has 1 aliphatic heterocycles. The van der Waals surface area contributed by atoms with E-state index in [9.17, 15) is 24.0 Å². The van der Waals surface area contributed by atoms with Gasteiger partial charge in [0.2, 0.25) is 5.91 Å². The molecule has 0 bridgehead atoms. The number of nitrogen functional groups attached to an aromatic ring is 1. The zero-order valence-corrected chi connectivity index (χ0v) is 19.8. The molecule has 1 unspecified atom stereocenters. The number of esters is 1. The van der Waals surface area contributed by atoms with Gasteiger partial charge in [0.05, 0.1) is 12.5 Å². The van der Waals surface area contributed by atoms with Gasteiger partial charge in [-0.3, -0.25) is 33.6 Å². The highest BCUT2D eigenvalue weighted by Crippen LogP contribution is 2.22. The van der Waals surface area contributed by atoms with E-state index < -0.39 is 35.7 Å². The minimum absolute atomic E-state index is 0.0192. The van der Waals surface area contributed by atoms with Crippen LogP contribution in [0.5, 0.6) is 0 Å². The molecule has 12 heteroatoms. The summed E-state index contributed by atoms with van der Waals surface area (Å²) in [4.78, 5) is 67.0. The highest BCUT2D eigenvalue weighted by molar-refractivity contribution is 5.97. The van der Waals surface area contributed by atoms with Crippen molar-refractivity contribution >= 4 is 29.3 Å². The zero-order chi connectivity index (χ0) is 24.9. The molecule has 1 fully saturated rings. The Kier molecular flexibility index (Phi) is 8.80. The number of ether oxygens (including phenoxy) is 2. The fourth-order valence-electron chi connectivity index (χ4n) is 3.65. The number of rotatable bonds is 10. The zero-order valence-electron chi connectivity index (χ0n) is 19.8. The van der Waals surface area contributed by atoms with Crippen molar-refractivity contribution in [2.75, 3.05) is 44.0 Å². The van der Waals surface area contributed by atoms with Crippen molar-refractivity contribution in [3.05, 3.63) is 20.8 Å². The molecule has 0 aliphatic carbocycles. The second-order valence-electron chi connectivity index (χ2n) is 8.68. The average molecular weight is 468 g/mol. The largest absolute Gasteiger partial charge is 0.455 e. The molecule has 1 atom stereocenters. The van der Waals surface area contributed by atoms with Gasteiger partial charge in [0.25, 0.3) is 11.5 Å². The van der Waals surface area contributed by atoms with Crippen LogP contribution in [0.25, 0.3) is 0 Å². The molecular formula is C21H33N5O7. The first-order chi connectivity index (χ1) is 15.5. The van der Waals surface area contributed by atoms with E-state index in [1.807, 2.05) is 27.7 Å². The van der Waals surface area contributed by atoms with E-state index in [1.165, 1.54) is 11.7 Å². The Bertz CT molecular complexity index is 998. The highest BCUT2D eigenvalue weighted by atomic mass is 16.5. The summed E-state index contributed by atoms with van der Waals surface area (Å²) < 4.78 is 11.4. The average Bonchev–Trinajstić information content (AvgIpc) is 3.13. The predicted octanol–water partition coefficient (Wildman–Crippen LogP) is -0.446. The summed E-state index contributed by atoms with van der Waals surface area (Å²) in [7, 11) is 1.42. The predicted molar refractivity (Wildman–Crippen MR) is 121 cm³/mol. The molecular weight excluding hydrogens is 434 g/mol. The molecule has 2 amide bonds. The fourth-order valence-corrected chi connectivity index (χ4v) is 3.65. The van der Waals surface area contributed by atoms with Gasteiger partial charge in [0, 0.05) is 39.2 Å². The third-order valence-electron chi connectivity index (χ3n) is 5.30. The van der Waals surface area contributed by atoms with Crippen molar-refractivity contribution in [1.29, 1.82) is 0 Å². The molecule has 0 spiro atoms. The Morgan fingerprint density at radius 2 is 1.88 bits per heavy atom. The van der Waals surface area contributed by atoms with Gasteiger partial charge >= 0.3 is 11.7 Å². The fraction of sp³-hybridized carbons (Fsp3) is 0.667. The maximum atomic E-state index is 12.9. The van der Waals surface area contributed by atoms with Crippen LogP contribution in [0.15, 0.2) is 9.59 Å². The number of carbonyl (C=O) groups excluding carboxylic acids is 3. The standard InChI is InChI=1S/C21H33N5O7/c1-12(2)9-26-18(22)17(19(29)23-21(26)31)24(6-7-32-5)16(28)11-33-20(30)14-8-15(27)25(10-14)13(3)4/h12-14H,6-11,22H2,1-5H3,(H,23,29,31). The summed E-state index contributed by atoms with van der Waals surface area (Å²) >= 11 is 0. The summed E-state index contributed by atoms with van der Waals surface area (Å²) in [6, 6.07) is -0.0438. The number of anilines is 2. The third-order valence-corrected chi connectivity index (χ3v) is 5.30. The second-order valence-corrected chi connectivity index (χ2v) is 8.68. The molecule has 1 saturated heterocycles. The van der Waals surface area contributed by atoms with Crippen LogP contribution < -0.4 is 21.9 Å². The molecule has 12 nitrogen and oxygen atoms in total. The van der Waals surface area contributed by atoms with Crippen LogP contribution in [0.3, 0.4) is 0 Å². The van der Waals surface area contributed by atoms with E-state index in [2.05, 4.69) is 4.98 Å². The number of carbonyl (C=O) groups is 3. The first-order valence-corrected chi connectivity index (χ1v) is 10.9. The molecule has 184 valence electrons. The SMILES string of the molecule is COCCN(C(=O)COC(=O)C1CC(=O)N(C(C)C)C1)c1c(N)n(CC(C)C)c(=O)[nH]c1=O. The van der Waals surface area contributed by atoms with Crippen molar-refractivity contribution in [3.8, 4) is 0 Å². The molecule has 2 rings (SSSR count). The Hall–Kier alpha value is -3.15. The molecule has 33 heavy (non-hydrogen) atoms. The van der Waals surface area contributed by atoms with Crippen LogP contribution in [-0.4, -0.2) is 71.7 Å². The van der Waals surface area contributed by atoms with Gasteiger partial charge in [-0.2, -0.15) is 0 Å². The van der Waals surface area contributed by atoms with Gasteiger partial charge in [-0.25, -0.2) is 4.79 Å². The van der Waals surface area contributed by atoms with Crippen molar-refractivity contribution in [1.82, 2.24) is 14.5 Å². The van der Waals surface area contributed by atoms with Gasteiger partial charge in [-0.05, 0) is 19.8 Å². The number of H-pyrrole nitrogens is 1. The van der Waals surface area contributed by atoms with Crippen LogP contribution in [0, 0.1) is 11.8 Å². The number of nitrogens with two attached hydrogens (primary N) is 1. The number of methoxy groups -OCH3 is 1. The number of nitrogens with zero attached hydrogens (tertiary/aromatic N) is 3. The Labute approximate surface area is 191 Å². The van der Waals surface area contributed by atoms with Crippen molar-refractivity contribution in [2.45, 2.75) is 46.7 Å². The van der Waals surface area contributed by atoms with E-state index >= 15 is 0 Å². The van der Waals surface area contributed by atoms with Crippen LogP contribution in [0.1, 0.15) is 34.1 Å². The summed E-state index contributed by atoms with van der Waals surface area (Å²) in [6.07, 6.45) is 0.0192. The lowest BCUT2D eigenvalue weighted by Gasteiger charge is -2.25. The van der Waals surface area contributed by atoms with Crippen molar-refractivity contribution < 1.29 is 23.9 Å². The van der Waals surface area contributed by atoms with E-state index in [1.54, 1.807) is 4.90 Å². The maximum absolute atomic E-state index is 12.9. The third kappa shape index (κ3) is 6.21. The van der Waals surface area contributed by atoms with Gasteiger partial charge in [0.1, 0.15) is 5.82 Å². The number of hydrogen-bond acceptors (Lipinski definition) is 8. The lowest BCUT2D eigenvalue weighted by atomic mass is 10.1. The quantitative estimate of drug-likeness (QED) is 0.438. The Balaban J connectivity index is 2.23. The summed E-state index contributed by atoms with van der Waals surface area (Å²) in [6.45, 7) is 7.27. The van der Waals surface area contributed by atoms with Crippen LogP contribution in [0.2, 0.25) is 0 Å². The van der Waals surface area contributed by atoms with Crippen LogP contribution >= 0.6 is 0 Å². The van der Waals surface area contributed by atoms with E-state index in [0.29, 0.717) is 0 Å². The first-order valence-electron chi connectivity index (χ1n) is 10.9. The first kappa shape index (κ1) is 26.1. The Morgan fingerprint density at radius 3 is 2.42 bits per heavy atom. The smallest absolute Gasteiger partial charge is 0.330 e. The van der Waals surface area contributed by atoms with Crippen LogP contribution in [-0.2, 0) is 30.4 Å². The number of likely N-dealkylation sites (tertiary alicyclic amines) is 1. The minimum atomic E-state index is -0.831. The highest BCUT2D eigenvalue weighted by Gasteiger charge is 2.37. The number of nitrogens with one attached hydrogen (secondary N) is 1. The maximum Gasteiger partial charge on any atom is 0.330 e. The molecule has 1 aliphatic rings. The van der Waals surface area contributed by atoms with E-state index in [0.717, 1.165) is 4.90 Å². The van der Waals surface area contributed by atoms with Gasteiger partial charge in [-0.1, -0.05) is 13.8 Å². The molecule has 2 heterocycles. The van der Waals surface area contributed by atoms with Crippen LogP contribution in [0.4, 0.5) is 11.5 Å². The summed E-state index contributed by atoms with van der Waals surface area (Å²) in [5.74, 6) is -2.31. The molecule has 1 aromatic heterocycles. The molecule has 0 radical (unpaired) electrons. The monoisotopic (exact) mass is 467 g/mol. The van der Waals surface area contributed by atoms with Crippen molar-refractivity contribution in [2.24, 2.45) is 11.8 Å². The topological polar surface area (TPSA) is 157 Å². The Morgan fingerprint density at radius 1 is 1.21 bits per heavy atom. The molecule has 3 N–H and O–H groups in total. The van der Waals surface area contributed by atoms with E-state index in [4.69, 9.17) is 15.2 Å². The summed E-state index contributed by atoms with van der Waals surface area (Å²) in [5, 5.41) is 0. The van der Waals surface area contributed by atoms with Gasteiger partial charge in [0.15, 0.2) is 12.3 Å². The lowest BCUT2D eigenvalue weighted by molar-refractivity contribution is -0.151. The minimum Gasteiger partial charge on any atom is -0.455 e. The molecule has 0 aromatic carbocycles. The van der Waals surface area contributed by atoms with Crippen molar-refractivity contribution in [3.63, 3.8) is 0 Å². The number of aromatic amines is 1. The van der Waals surface area contributed by atoms with Gasteiger partial charge < -0.3 is 20.1 Å². The summed E-state index contributed by atoms with van der Waals surface area (Å²) in [5.41, 5.74) is 4.39. The lowest BCUT2D eigenvalue weighted by Crippen LogP contribution is -2.44. The molecule has 0 saturated carbocycles. The number of aromatic nitrogens is 2. The van der Waals surface area contributed by atoms with Gasteiger partial charge in [-0.15, -0.1) is 0 Å². The normalized spacial score (nSPS) is 16.0.